The van der Waals surface area contributed by atoms with E-state index in [0.717, 1.165) is 25.0 Å². The number of fused-ring (bicyclic) bond motifs is 1. The predicted molar refractivity (Wildman–Crippen MR) is 55.8 cm³/mol. The first-order chi connectivity index (χ1) is 7.20. The minimum absolute atomic E-state index is 0.0970. The van der Waals surface area contributed by atoms with Crippen molar-refractivity contribution < 1.29 is 5.11 Å². The summed E-state index contributed by atoms with van der Waals surface area (Å²) in [5.74, 6) is 0.557. The van der Waals surface area contributed by atoms with Crippen molar-refractivity contribution in [2.75, 3.05) is 0 Å². The molecule has 0 saturated carbocycles. The molecule has 5 nitrogen and oxygen atoms in total. The molecule has 0 aromatic carbocycles. The standard InChI is InChI=1S/C10H14N4O/c1-3-4-5-8-6-9-11-7(2)12-10(15)14(9)13-8/h6H,3-5H2,1-2H3,(H,11,12,15). The van der Waals surface area contributed by atoms with Gasteiger partial charge in [0.1, 0.15) is 5.82 Å². The number of rotatable bonds is 3. The van der Waals surface area contributed by atoms with Gasteiger partial charge >= 0.3 is 6.01 Å². The number of hydrogen-bond donors (Lipinski definition) is 1. The van der Waals surface area contributed by atoms with Crippen molar-refractivity contribution in [3.63, 3.8) is 0 Å². The fraction of sp³-hybridized carbons (Fsp3) is 0.500. The first-order valence-electron chi connectivity index (χ1n) is 5.13. The number of aromatic nitrogens is 4. The quantitative estimate of drug-likeness (QED) is 0.826. The summed E-state index contributed by atoms with van der Waals surface area (Å²) in [7, 11) is 0. The lowest BCUT2D eigenvalue weighted by atomic mass is 10.2. The molecule has 1 N–H and O–H groups in total. The number of aromatic hydroxyl groups is 1. The van der Waals surface area contributed by atoms with E-state index in [1.54, 1.807) is 6.92 Å². The molecule has 0 amide bonds. The Morgan fingerprint density at radius 3 is 2.93 bits per heavy atom. The van der Waals surface area contributed by atoms with Crippen LogP contribution in [0.2, 0.25) is 0 Å². The fourth-order valence-electron chi connectivity index (χ4n) is 1.51. The van der Waals surface area contributed by atoms with Crippen molar-refractivity contribution in [2.24, 2.45) is 0 Å². The zero-order chi connectivity index (χ0) is 10.8. The molecular formula is C10H14N4O. The maximum atomic E-state index is 9.54. The van der Waals surface area contributed by atoms with Gasteiger partial charge in [-0.25, -0.2) is 4.98 Å². The van der Waals surface area contributed by atoms with Crippen molar-refractivity contribution >= 4 is 5.65 Å². The molecule has 0 saturated heterocycles. The van der Waals surface area contributed by atoms with Crippen LogP contribution in [0.25, 0.3) is 5.65 Å². The molecule has 0 aliphatic carbocycles. The van der Waals surface area contributed by atoms with E-state index in [-0.39, 0.29) is 6.01 Å². The SMILES string of the molecule is CCCCc1cc2nc(C)nc(O)n2n1. The van der Waals surface area contributed by atoms with E-state index < -0.39 is 0 Å². The van der Waals surface area contributed by atoms with Crippen LogP contribution in [0.3, 0.4) is 0 Å². The van der Waals surface area contributed by atoms with E-state index in [1.807, 2.05) is 6.07 Å². The van der Waals surface area contributed by atoms with Crippen molar-refractivity contribution in [3.8, 4) is 6.01 Å². The Hall–Kier alpha value is -1.65. The van der Waals surface area contributed by atoms with Crippen molar-refractivity contribution in [1.82, 2.24) is 19.6 Å². The van der Waals surface area contributed by atoms with E-state index in [0.29, 0.717) is 11.5 Å². The molecule has 2 aromatic rings. The Bertz CT molecular complexity index is 477. The minimum Gasteiger partial charge on any atom is -0.479 e. The average molecular weight is 206 g/mol. The van der Waals surface area contributed by atoms with Gasteiger partial charge in [-0.05, 0) is 19.8 Å². The van der Waals surface area contributed by atoms with Crippen LogP contribution in [0.5, 0.6) is 6.01 Å². The Morgan fingerprint density at radius 2 is 2.20 bits per heavy atom. The Balaban J connectivity index is 2.41. The van der Waals surface area contributed by atoms with Gasteiger partial charge < -0.3 is 5.11 Å². The lowest BCUT2D eigenvalue weighted by molar-refractivity contribution is 0.408. The topological polar surface area (TPSA) is 63.3 Å². The van der Waals surface area contributed by atoms with Crippen LogP contribution in [0, 0.1) is 6.92 Å². The molecule has 5 heteroatoms. The van der Waals surface area contributed by atoms with Crippen molar-refractivity contribution in [3.05, 3.63) is 17.6 Å². The predicted octanol–water partition coefficient (Wildman–Crippen LogP) is 1.48. The van der Waals surface area contributed by atoms with E-state index in [9.17, 15) is 5.11 Å². The van der Waals surface area contributed by atoms with Gasteiger partial charge in [0.15, 0.2) is 5.65 Å². The summed E-state index contributed by atoms with van der Waals surface area (Å²) in [5, 5.41) is 13.8. The van der Waals surface area contributed by atoms with Gasteiger partial charge in [0.2, 0.25) is 0 Å². The molecule has 2 rings (SSSR count). The molecule has 0 aliphatic heterocycles. The van der Waals surface area contributed by atoms with Gasteiger partial charge in [0.25, 0.3) is 0 Å². The van der Waals surface area contributed by atoms with Gasteiger partial charge in [-0.3, -0.25) is 0 Å². The average Bonchev–Trinajstić information content (AvgIpc) is 2.57. The molecule has 0 atom stereocenters. The van der Waals surface area contributed by atoms with Crippen LogP contribution in [-0.2, 0) is 6.42 Å². The molecular weight excluding hydrogens is 192 g/mol. The highest BCUT2D eigenvalue weighted by Gasteiger charge is 2.07. The second-order valence-electron chi connectivity index (χ2n) is 3.58. The van der Waals surface area contributed by atoms with Crippen LogP contribution < -0.4 is 0 Å². The van der Waals surface area contributed by atoms with Crippen molar-refractivity contribution in [1.29, 1.82) is 0 Å². The number of aryl methyl sites for hydroxylation is 2. The number of nitrogens with zero attached hydrogens (tertiary/aromatic N) is 4. The second-order valence-corrected chi connectivity index (χ2v) is 3.58. The molecule has 0 spiro atoms. The normalized spacial score (nSPS) is 11.1. The zero-order valence-corrected chi connectivity index (χ0v) is 8.93. The van der Waals surface area contributed by atoms with Crippen LogP contribution in [0.15, 0.2) is 6.07 Å². The molecule has 0 radical (unpaired) electrons. The van der Waals surface area contributed by atoms with E-state index in [2.05, 4.69) is 22.0 Å². The van der Waals surface area contributed by atoms with E-state index >= 15 is 0 Å². The third-order valence-corrected chi connectivity index (χ3v) is 2.26. The first kappa shape index (κ1) is 9.89. The third kappa shape index (κ3) is 1.91. The third-order valence-electron chi connectivity index (χ3n) is 2.26. The minimum atomic E-state index is -0.0970. The lowest BCUT2D eigenvalue weighted by Crippen LogP contribution is -1.97. The molecule has 2 aromatic heterocycles. The van der Waals surface area contributed by atoms with Gasteiger partial charge in [-0.1, -0.05) is 13.3 Å². The van der Waals surface area contributed by atoms with Gasteiger partial charge in [-0.2, -0.15) is 14.6 Å². The van der Waals surface area contributed by atoms with Crippen LogP contribution in [0.1, 0.15) is 31.3 Å². The smallest absolute Gasteiger partial charge is 0.318 e. The van der Waals surface area contributed by atoms with Gasteiger partial charge in [-0.15, -0.1) is 0 Å². The zero-order valence-electron chi connectivity index (χ0n) is 8.93. The monoisotopic (exact) mass is 206 g/mol. The number of hydrogen-bond acceptors (Lipinski definition) is 4. The highest BCUT2D eigenvalue weighted by Crippen LogP contribution is 2.12. The molecule has 0 aliphatic rings. The van der Waals surface area contributed by atoms with Crippen LogP contribution in [0.4, 0.5) is 0 Å². The number of unbranched alkanes of at least 4 members (excludes halogenated alkanes) is 1. The van der Waals surface area contributed by atoms with Crippen molar-refractivity contribution in [2.45, 2.75) is 33.1 Å². The summed E-state index contributed by atoms with van der Waals surface area (Å²) in [4.78, 5) is 8.03. The Labute approximate surface area is 87.8 Å². The highest BCUT2D eigenvalue weighted by molar-refractivity contribution is 5.40. The molecule has 80 valence electrons. The molecule has 15 heavy (non-hydrogen) atoms. The van der Waals surface area contributed by atoms with Gasteiger partial charge in [0.05, 0.1) is 5.69 Å². The summed E-state index contributed by atoms with van der Waals surface area (Å²) >= 11 is 0. The second kappa shape index (κ2) is 3.84. The Morgan fingerprint density at radius 1 is 1.40 bits per heavy atom. The van der Waals surface area contributed by atoms with Crippen LogP contribution >= 0.6 is 0 Å². The maximum absolute atomic E-state index is 9.54. The summed E-state index contributed by atoms with van der Waals surface area (Å²) in [6.07, 6.45) is 3.14. The molecule has 0 bridgehead atoms. The lowest BCUT2D eigenvalue weighted by Gasteiger charge is -1.96. The Kier molecular flexibility index (Phi) is 2.53. The fourth-order valence-corrected chi connectivity index (χ4v) is 1.51. The van der Waals surface area contributed by atoms with E-state index in [4.69, 9.17) is 0 Å². The maximum Gasteiger partial charge on any atom is 0.318 e. The summed E-state index contributed by atoms with van der Waals surface area (Å²) in [6, 6.07) is 1.80. The summed E-state index contributed by atoms with van der Waals surface area (Å²) in [5.41, 5.74) is 1.61. The molecule has 0 unspecified atom stereocenters. The first-order valence-corrected chi connectivity index (χ1v) is 5.13. The van der Waals surface area contributed by atoms with Gasteiger partial charge in [0, 0.05) is 6.07 Å². The summed E-state index contributed by atoms with van der Waals surface area (Å²) in [6.45, 7) is 3.88. The largest absolute Gasteiger partial charge is 0.479 e. The highest BCUT2D eigenvalue weighted by atomic mass is 16.3. The summed E-state index contributed by atoms with van der Waals surface area (Å²) < 4.78 is 1.37. The van der Waals surface area contributed by atoms with Crippen LogP contribution in [-0.4, -0.2) is 24.7 Å². The van der Waals surface area contributed by atoms with E-state index in [1.165, 1.54) is 4.52 Å². The molecule has 0 fully saturated rings. The molecule has 2 heterocycles.